The van der Waals surface area contributed by atoms with Gasteiger partial charge in [0, 0.05) is 51.9 Å². The predicted octanol–water partition coefficient (Wildman–Crippen LogP) is 1.39. The summed E-state index contributed by atoms with van der Waals surface area (Å²) in [6.07, 6.45) is 2.56. The molecular weight excluding hydrogens is 444 g/mol. The lowest BCUT2D eigenvalue weighted by molar-refractivity contribution is -0.131. The number of benzene rings is 1. The Hall–Kier alpha value is -2.69. The number of sulfonamides is 1. The topological polar surface area (TPSA) is 92.3 Å². The number of carbonyl (C=O) groups is 1. The average molecular weight is 475 g/mol. The monoisotopic (exact) mass is 474 g/mol. The highest BCUT2D eigenvalue weighted by molar-refractivity contribution is 7.89. The molecule has 0 atom stereocenters. The third kappa shape index (κ3) is 5.63. The Bertz CT molecular complexity index is 1050. The lowest BCUT2D eigenvalue weighted by atomic mass is 10.1. The molecule has 0 bridgehead atoms. The van der Waals surface area contributed by atoms with Crippen molar-refractivity contribution >= 4 is 21.7 Å². The summed E-state index contributed by atoms with van der Waals surface area (Å²) < 4.78 is 37.4. The molecule has 4 rings (SSSR count). The average Bonchev–Trinajstić information content (AvgIpc) is 2.88. The minimum Gasteiger partial charge on any atom is -0.497 e. The second-order valence-corrected chi connectivity index (χ2v) is 10.0. The molecule has 0 N–H and O–H groups in total. The molecule has 2 saturated heterocycles. The molecular formula is C23H30N4O5S. The molecule has 33 heavy (non-hydrogen) atoms. The summed E-state index contributed by atoms with van der Waals surface area (Å²) in [6.45, 7) is 4.09. The number of piperazine rings is 1. The molecule has 2 aliphatic rings. The summed E-state index contributed by atoms with van der Waals surface area (Å²) in [5.41, 5.74) is 1.08. The van der Waals surface area contributed by atoms with Crippen molar-refractivity contribution in [2.24, 2.45) is 0 Å². The fourth-order valence-corrected chi connectivity index (χ4v) is 5.42. The Morgan fingerprint density at radius 2 is 1.82 bits per heavy atom. The third-order valence-corrected chi connectivity index (χ3v) is 7.93. The zero-order valence-electron chi connectivity index (χ0n) is 18.9. The molecule has 0 saturated carbocycles. The maximum absolute atomic E-state index is 12.8. The van der Waals surface area contributed by atoms with Gasteiger partial charge in [-0.05, 0) is 36.2 Å². The summed E-state index contributed by atoms with van der Waals surface area (Å²) in [5.74, 6) is 1.65. The van der Waals surface area contributed by atoms with E-state index in [4.69, 9.17) is 9.47 Å². The van der Waals surface area contributed by atoms with E-state index in [-0.39, 0.29) is 10.8 Å². The summed E-state index contributed by atoms with van der Waals surface area (Å²) in [4.78, 5) is 21.2. The first-order valence-corrected chi connectivity index (χ1v) is 12.6. The number of hydrogen-bond acceptors (Lipinski definition) is 7. The van der Waals surface area contributed by atoms with Crippen LogP contribution in [0.1, 0.15) is 12.0 Å². The highest BCUT2D eigenvalue weighted by Gasteiger charge is 2.27. The van der Waals surface area contributed by atoms with Crippen LogP contribution < -0.4 is 9.64 Å². The van der Waals surface area contributed by atoms with Gasteiger partial charge in [-0.25, -0.2) is 13.4 Å². The van der Waals surface area contributed by atoms with Crippen molar-refractivity contribution in [2.45, 2.75) is 17.7 Å². The van der Waals surface area contributed by atoms with Crippen molar-refractivity contribution in [2.75, 3.05) is 64.5 Å². The van der Waals surface area contributed by atoms with Crippen LogP contribution in [-0.2, 0) is 26.0 Å². The van der Waals surface area contributed by atoms with E-state index in [1.165, 1.54) is 10.5 Å². The lowest BCUT2D eigenvalue weighted by Gasteiger charge is -2.35. The van der Waals surface area contributed by atoms with Gasteiger partial charge < -0.3 is 19.3 Å². The number of anilines is 1. The number of ether oxygens (including phenoxy) is 2. The van der Waals surface area contributed by atoms with Crippen LogP contribution in [-0.4, -0.2) is 88.1 Å². The van der Waals surface area contributed by atoms with Gasteiger partial charge in [0.05, 0.1) is 20.3 Å². The van der Waals surface area contributed by atoms with Crippen LogP contribution in [0.4, 0.5) is 5.82 Å². The minimum absolute atomic E-state index is 0.136. The highest BCUT2D eigenvalue weighted by atomic mass is 32.2. The lowest BCUT2D eigenvalue weighted by Crippen LogP contribution is -2.49. The normalized spacial score (nSPS) is 17.7. The van der Waals surface area contributed by atoms with Crippen LogP contribution in [0.25, 0.3) is 0 Å². The molecule has 1 amide bonds. The third-order valence-electron chi connectivity index (χ3n) is 6.05. The second kappa shape index (κ2) is 10.5. The summed E-state index contributed by atoms with van der Waals surface area (Å²) in [5, 5.41) is 0. The van der Waals surface area contributed by atoms with E-state index in [2.05, 4.69) is 9.88 Å². The molecule has 3 heterocycles. The number of aromatic nitrogens is 1. The molecule has 2 aromatic rings. The van der Waals surface area contributed by atoms with Crippen LogP contribution in [0.2, 0.25) is 0 Å². The van der Waals surface area contributed by atoms with Gasteiger partial charge in [-0.2, -0.15) is 4.31 Å². The van der Waals surface area contributed by atoms with Crippen molar-refractivity contribution in [3.05, 3.63) is 48.2 Å². The van der Waals surface area contributed by atoms with E-state index >= 15 is 0 Å². The van der Waals surface area contributed by atoms with Gasteiger partial charge in [0.1, 0.15) is 16.5 Å². The molecule has 178 valence electrons. The minimum atomic E-state index is -3.55. The maximum Gasteiger partial charge on any atom is 0.244 e. The summed E-state index contributed by atoms with van der Waals surface area (Å²) in [6, 6.07) is 11.1. The van der Waals surface area contributed by atoms with Crippen LogP contribution in [0.15, 0.2) is 47.5 Å². The van der Waals surface area contributed by atoms with E-state index in [1.54, 1.807) is 19.2 Å². The van der Waals surface area contributed by atoms with E-state index in [1.807, 2.05) is 29.2 Å². The number of morpholine rings is 1. The molecule has 10 heteroatoms. The first-order valence-electron chi connectivity index (χ1n) is 11.2. The van der Waals surface area contributed by atoms with Crippen LogP contribution in [0, 0.1) is 0 Å². The van der Waals surface area contributed by atoms with Gasteiger partial charge in [0.25, 0.3) is 0 Å². The SMILES string of the molecule is COc1cccc(CCC(=O)N2CCN(c3ccc(S(=O)(=O)N4CCOCC4)cn3)CC2)c1. The van der Waals surface area contributed by atoms with Gasteiger partial charge in [0.15, 0.2) is 0 Å². The second-order valence-electron chi connectivity index (χ2n) is 8.09. The number of pyridine rings is 1. The van der Waals surface area contributed by atoms with Gasteiger partial charge in [-0.1, -0.05) is 12.1 Å². The first kappa shape index (κ1) is 23.5. The van der Waals surface area contributed by atoms with Gasteiger partial charge in [0.2, 0.25) is 15.9 Å². The van der Waals surface area contributed by atoms with Gasteiger partial charge in [-0.3, -0.25) is 4.79 Å². The summed E-state index contributed by atoms with van der Waals surface area (Å²) in [7, 11) is -1.92. The fraction of sp³-hybridized carbons (Fsp3) is 0.478. The number of amides is 1. The van der Waals surface area contributed by atoms with Crippen molar-refractivity contribution in [1.82, 2.24) is 14.2 Å². The molecule has 0 radical (unpaired) electrons. The van der Waals surface area contributed by atoms with Gasteiger partial charge in [-0.15, -0.1) is 0 Å². The number of nitrogens with zero attached hydrogens (tertiary/aromatic N) is 4. The molecule has 9 nitrogen and oxygen atoms in total. The molecule has 1 aromatic heterocycles. The molecule has 0 unspecified atom stereocenters. The maximum atomic E-state index is 12.8. The number of aryl methyl sites for hydroxylation is 1. The zero-order valence-corrected chi connectivity index (χ0v) is 19.7. The number of carbonyl (C=O) groups excluding carboxylic acids is 1. The molecule has 1 aromatic carbocycles. The Morgan fingerprint density at radius 1 is 1.06 bits per heavy atom. The number of methoxy groups -OCH3 is 1. The van der Waals surface area contributed by atoms with Crippen LogP contribution in [0.5, 0.6) is 5.75 Å². The highest BCUT2D eigenvalue weighted by Crippen LogP contribution is 2.21. The smallest absolute Gasteiger partial charge is 0.244 e. The van der Waals surface area contributed by atoms with E-state index < -0.39 is 10.0 Å². The predicted molar refractivity (Wildman–Crippen MR) is 124 cm³/mol. The van der Waals surface area contributed by atoms with E-state index in [9.17, 15) is 13.2 Å². The van der Waals surface area contributed by atoms with E-state index in [0.717, 1.165) is 17.1 Å². The molecule has 2 aliphatic heterocycles. The van der Waals surface area contributed by atoms with Gasteiger partial charge >= 0.3 is 0 Å². The van der Waals surface area contributed by atoms with E-state index in [0.29, 0.717) is 65.3 Å². The standard InChI is InChI=1S/C23H30N4O5S/c1-31-20-4-2-3-19(17-20)5-8-23(28)26-11-9-25(10-12-26)22-7-6-21(18-24-22)33(29,30)27-13-15-32-16-14-27/h2-4,6-7,17-18H,5,8-16H2,1H3. The quantitative estimate of drug-likeness (QED) is 0.599. The zero-order chi connectivity index (χ0) is 23.3. The van der Waals surface area contributed by atoms with Crippen molar-refractivity contribution in [3.8, 4) is 5.75 Å². The first-order chi connectivity index (χ1) is 16.0. The van der Waals surface area contributed by atoms with Crippen LogP contribution in [0.3, 0.4) is 0 Å². The van der Waals surface area contributed by atoms with Crippen molar-refractivity contribution in [1.29, 1.82) is 0 Å². The Labute approximate surface area is 195 Å². The van der Waals surface area contributed by atoms with Crippen molar-refractivity contribution in [3.63, 3.8) is 0 Å². The Balaban J connectivity index is 1.29. The summed E-state index contributed by atoms with van der Waals surface area (Å²) >= 11 is 0. The Kier molecular flexibility index (Phi) is 7.46. The number of hydrogen-bond donors (Lipinski definition) is 0. The Morgan fingerprint density at radius 3 is 2.48 bits per heavy atom. The van der Waals surface area contributed by atoms with Crippen molar-refractivity contribution < 1.29 is 22.7 Å². The fourth-order valence-electron chi connectivity index (χ4n) is 4.07. The number of rotatable bonds is 7. The molecule has 2 fully saturated rings. The van der Waals surface area contributed by atoms with Crippen LogP contribution >= 0.6 is 0 Å². The molecule has 0 aliphatic carbocycles. The largest absolute Gasteiger partial charge is 0.497 e. The molecule has 0 spiro atoms.